The second-order valence-electron chi connectivity index (χ2n) is 6.84. The van der Waals surface area contributed by atoms with Crippen molar-refractivity contribution in [2.75, 3.05) is 26.2 Å². The molecule has 2 amide bonds. The Morgan fingerprint density at radius 2 is 1.96 bits per heavy atom. The van der Waals surface area contributed by atoms with Crippen molar-refractivity contribution in [2.24, 2.45) is 5.92 Å². The highest BCUT2D eigenvalue weighted by molar-refractivity contribution is 5.94. The molecule has 0 aliphatic carbocycles. The van der Waals surface area contributed by atoms with Crippen LogP contribution >= 0.6 is 0 Å². The van der Waals surface area contributed by atoms with E-state index in [9.17, 15) is 9.59 Å². The monoisotopic (exact) mass is 315 g/mol. The lowest BCUT2D eigenvalue weighted by Gasteiger charge is -2.34. The maximum Gasteiger partial charge on any atom is 0.253 e. The van der Waals surface area contributed by atoms with Gasteiger partial charge in [0.05, 0.1) is 0 Å². The topological polar surface area (TPSA) is 53.5 Å². The number of piperidine rings is 1. The molecule has 2 aliphatic rings. The highest BCUT2D eigenvalue weighted by atomic mass is 16.2. The maximum absolute atomic E-state index is 12.8. The molecule has 1 aromatic heterocycles. The Hall–Kier alpha value is -1.91. The first kappa shape index (κ1) is 16.0. The number of hydrogen-bond donors (Lipinski definition) is 0. The number of rotatable bonds is 3. The largest absolute Gasteiger partial charge is 0.342 e. The number of pyridine rings is 1. The summed E-state index contributed by atoms with van der Waals surface area (Å²) in [5.74, 6) is 0.767. The lowest BCUT2D eigenvalue weighted by Crippen LogP contribution is -2.44. The van der Waals surface area contributed by atoms with E-state index in [1.165, 1.54) is 0 Å². The fraction of sp³-hybridized carbons (Fsp3) is 0.611. The average molecular weight is 315 g/mol. The lowest BCUT2D eigenvalue weighted by atomic mass is 9.96. The standard InChI is InChI=1S/C18H25N3O2/c1-13-9-16(10-14(2)19-13)18(23)21-8-3-5-15(12-21)11-20-7-4-6-17(20)22/h9-10,15H,3-8,11-12H2,1-2H3/t15-/m0/s1. The molecule has 124 valence electrons. The first-order valence-corrected chi connectivity index (χ1v) is 8.55. The third-order valence-electron chi connectivity index (χ3n) is 4.78. The van der Waals surface area contributed by atoms with E-state index in [1.54, 1.807) is 0 Å². The molecule has 2 aliphatic heterocycles. The normalized spacial score (nSPS) is 21.8. The van der Waals surface area contributed by atoms with Gasteiger partial charge in [-0.3, -0.25) is 14.6 Å². The second kappa shape index (κ2) is 6.69. The number of nitrogens with zero attached hydrogens (tertiary/aromatic N) is 3. The number of aryl methyl sites for hydroxylation is 2. The lowest BCUT2D eigenvalue weighted by molar-refractivity contribution is -0.128. The fourth-order valence-electron chi connectivity index (χ4n) is 3.75. The Morgan fingerprint density at radius 1 is 1.22 bits per heavy atom. The van der Waals surface area contributed by atoms with Gasteiger partial charge in [0.1, 0.15) is 0 Å². The molecule has 23 heavy (non-hydrogen) atoms. The number of amides is 2. The second-order valence-corrected chi connectivity index (χ2v) is 6.84. The molecule has 0 bridgehead atoms. The number of likely N-dealkylation sites (tertiary alicyclic amines) is 2. The van der Waals surface area contributed by atoms with Gasteiger partial charge >= 0.3 is 0 Å². The molecule has 0 spiro atoms. The summed E-state index contributed by atoms with van der Waals surface area (Å²) < 4.78 is 0. The molecule has 1 atom stereocenters. The molecule has 1 aromatic rings. The van der Waals surface area contributed by atoms with Crippen LogP contribution in [-0.2, 0) is 4.79 Å². The van der Waals surface area contributed by atoms with Gasteiger partial charge in [-0.25, -0.2) is 0 Å². The van der Waals surface area contributed by atoms with Gasteiger partial charge in [-0.05, 0) is 51.2 Å². The van der Waals surface area contributed by atoms with Gasteiger partial charge in [-0.1, -0.05) is 0 Å². The molecule has 0 unspecified atom stereocenters. The third-order valence-corrected chi connectivity index (χ3v) is 4.78. The van der Waals surface area contributed by atoms with Crippen molar-refractivity contribution in [3.63, 3.8) is 0 Å². The van der Waals surface area contributed by atoms with E-state index >= 15 is 0 Å². The van der Waals surface area contributed by atoms with Crippen LogP contribution < -0.4 is 0 Å². The van der Waals surface area contributed by atoms with Crippen molar-refractivity contribution in [1.82, 2.24) is 14.8 Å². The molecule has 3 rings (SSSR count). The zero-order valence-corrected chi connectivity index (χ0v) is 14.0. The Balaban J connectivity index is 1.65. The average Bonchev–Trinajstić information content (AvgIpc) is 2.91. The molecule has 0 N–H and O–H groups in total. The Bertz CT molecular complexity index is 594. The minimum Gasteiger partial charge on any atom is -0.342 e. The van der Waals surface area contributed by atoms with E-state index in [2.05, 4.69) is 4.98 Å². The van der Waals surface area contributed by atoms with Crippen LogP contribution in [0, 0.1) is 19.8 Å². The number of aromatic nitrogens is 1. The number of hydrogen-bond acceptors (Lipinski definition) is 3. The van der Waals surface area contributed by atoms with Crippen molar-refractivity contribution >= 4 is 11.8 Å². The minimum absolute atomic E-state index is 0.0936. The minimum atomic E-state index is 0.0936. The number of carbonyl (C=O) groups is 2. The van der Waals surface area contributed by atoms with E-state index in [0.29, 0.717) is 12.3 Å². The zero-order valence-electron chi connectivity index (χ0n) is 14.0. The van der Waals surface area contributed by atoms with Crippen molar-refractivity contribution in [1.29, 1.82) is 0 Å². The summed E-state index contributed by atoms with van der Waals surface area (Å²) in [5, 5.41) is 0. The summed E-state index contributed by atoms with van der Waals surface area (Å²) >= 11 is 0. The smallest absolute Gasteiger partial charge is 0.253 e. The summed E-state index contributed by atoms with van der Waals surface area (Å²) in [6.45, 7) is 7.08. The third kappa shape index (κ3) is 3.71. The summed E-state index contributed by atoms with van der Waals surface area (Å²) in [7, 11) is 0. The summed E-state index contributed by atoms with van der Waals surface area (Å²) in [5.41, 5.74) is 2.49. The Labute approximate surface area is 137 Å². The van der Waals surface area contributed by atoms with E-state index in [-0.39, 0.29) is 11.8 Å². The van der Waals surface area contributed by atoms with Crippen LogP contribution in [0.3, 0.4) is 0 Å². The first-order valence-electron chi connectivity index (χ1n) is 8.55. The van der Waals surface area contributed by atoms with Crippen molar-refractivity contribution < 1.29 is 9.59 Å². The van der Waals surface area contributed by atoms with Gasteiger partial charge < -0.3 is 9.80 Å². The molecular weight excluding hydrogens is 290 g/mol. The highest BCUT2D eigenvalue weighted by Crippen LogP contribution is 2.22. The fourth-order valence-corrected chi connectivity index (χ4v) is 3.75. The zero-order chi connectivity index (χ0) is 16.4. The molecule has 0 aromatic carbocycles. The molecule has 2 saturated heterocycles. The Morgan fingerprint density at radius 3 is 2.61 bits per heavy atom. The SMILES string of the molecule is Cc1cc(C(=O)N2CCC[C@@H](CN3CCCC3=O)C2)cc(C)n1. The predicted molar refractivity (Wildman–Crippen MR) is 88.2 cm³/mol. The number of carbonyl (C=O) groups excluding carboxylic acids is 2. The highest BCUT2D eigenvalue weighted by Gasteiger charge is 2.29. The van der Waals surface area contributed by atoms with Gasteiger partial charge in [0.2, 0.25) is 5.91 Å². The van der Waals surface area contributed by atoms with Crippen LogP contribution in [0.2, 0.25) is 0 Å². The van der Waals surface area contributed by atoms with Gasteiger partial charge in [0.15, 0.2) is 0 Å². The predicted octanol–water partition coefficient (Wildman–Crippen LogP) is 2.17. The van der Waals surface area contributed by atoms with E-state index < -0.39 is 0 Å². The molecule has 5 heteroatoms. The van der Waals surface area contributed by atoms with Crippen molar-refractivity contribution in [2.45, 2.75) is 39.5 Å². The molecular formula is C18H25N3O2. The van der Waals surface area contributed by atoms with Crippen LogP contribution in [0.1, 0.15) is 47.4 Å². The molecule has 3 heterocycles. The van der Waals surface area contributed by atoms with Crippen LogP contribution in [-0.4, -0.2) is 52.8 Å². The van der Waals surface area contributed by atoms with E-state index in [4.69, 9.17) is 0 Å². The van der Waals surface area contributed by atoms with Gasteiger partial charge in [0.25, 0.3) is 5.91 Å². The summed E-state index contributed by atoms with van der Waals surface area (Å²) in [6, 6.07) is 3.73. The maximum atomic E-state index is 12.8. The van der Waals surface area contributed by atoms with Crippen LogP contribution in [0.15, 0.2) is 12.1 Å². The van der Waals surface area contributed by atoms with Gasteiger partial charge in [0, 0.05) is 49.6 Å². The van der Waals surface area contributed by atoms with Crippen LogP contribution in [0.25, 0.3) is 0 Å². The van der Waals surface area contributed by atoms with Gasteiger partial charge in [-0.15, -0.1) is 0 Å². The first-order chi connectivity index (χ1) is 11.0. The molecule has 5 nitrogen and oxygen atoms in total. The quantitative estimate of drug-likeness (QED) is 0.859. The van der Waals surface area contributed by atoms with E-state index in [0.717, 1.165) is 62.4 Å². The van der Waals surface area contributed by atoms with E-state index in [1.807, 2.05) is 35.8 Å². The molecule has 0 saturated carbocycles. The van der Waals surface area contributed by atoms with Gasteiger partial charge in [-0.2, -0.15) is 0 Å². The summed E-state index contributed by atoms with van der Waals surface area (Å²) in [4.78, 5) is 32.8. The molecule has 0 radical (unpaired) electrons. The van der Waals surface area contributed by atoms with Crippen LogP contribution in [0.4, 0.5) is 0 Å². The summed E-state index contributed by atoms with van der Waals surface area (Å²) in [6.07, 6.45) is 3.78. The van der Waals surface area contributed by atoms with Crippen molar-refractivity contribution in [3.8, 4) is 0 Å². The van der Waals surface area contributed by atoms with Crippen molar-refractivity contribution in [3.05, 3.63) is 29.1 Å². The Kier molecular flexibility index (Phi) is 4.64. The molecule has 2 fully saturated rings. The van der Waals surface area contributed by atoms with Crippen LogP contribution in [0.5, 0.6) is 0 Å².